The first-order valence-corrected chi connectivity index (χ1v) is 4.97. The highest BCUT2D eigenvalue weighted by Gasteiger charge is 2.01. The SMILES string of the molecule is Cc1ncnn1-c1ccc(CCN)cc1. The summed E-state index contributed by atoms with van der Waals surface area (Å²) in [4.78, 5) is 4.08. The summed E-state index contributed by atoms with van der Waals surface area (Å²) in [6, 6.07) is 8.21. The Labute approximate surface area is 88.8 Å². The Bertz CT molecular complexity index is 430. The van der Waals surface area contributed by atoms with Crippen LogP contribution in [0.25, 0.3) is 5.69 Å². The van der Waals surface area contributed by atoms with Crippen molar-refractivity contribution in [3.8, 4) is 5.69 Å². The van der Waals surface area contributed by atoms with E-state index in [1.807, 2.05) is 23.7 Å². The molecule has 15 heavy (non-hydrogen) atoms. The van der Waals surface area contributed by atoms with E-state index in [1.165, 1.54) is 5.56 Å². The van der Waals surface area contributed by atoms with E-state index in [1.54, 1.807) is 6.33 Å². The number of aryl methyl sites for hydroxylation is 1. The minimum atomic E-state index is 0.682. The lowest BCUT2D eigenvalue weighted by atomic mass is 10.1. The molecule has 2 rings (SSSR count). The number of hydrogen-bond acceptors (Lipinski definition) is 3. The summed E-state index contributed by atoms with van der Waals surface area (Å²) >= 11 is 0. The zero-order valence-corrected chi connectivity index (χ0v) is 8.72. The fourth-order valence-electron chi connectivity index (χ4n) is 1.52. The molecule has 78 valence electrons. The molecule has 0 spiro atoms. The summed E-state index contributed by atoms with van der Waals surface area (Å²) in [5.41, 5.74) is 7.77. The third-order valence-electron chi connectivity index (χ3n) is 2.33. The van der Waals surface area contributed by atoms with Crippen molar-refractivity contribution in [1.29, 1.82) is 0 Å². The Balaban J connectivity index is 2.28. The lowest BCUT2D eigenvalue weighted by molar-refractivity contribution is 0.838. The van der Waals surface area contributed by atoms with E-state index < -0.39 is 0 Å². The summed E-state index contributed by atoms with van der Waals surface area (Å²) in [5.74, 6) is 0.890. The van der Waals surface area contributed by atoms with Crippen LogP contribution in [-0.4, -0.2) is 21.3 Å². The van der Waals surface area contributed by atoms with Gasteiger partial charge in [0, 0.05) is 0 Å². The number of aromatic nitrogens is 3. The van der Waals surface area contributed by atoms with E-state index in [0.29, 0.717) is 6.54 Å². The van der Waals surface area contributed by atoms with Crippen molar-refractivity contribution in [2.45, 2.75) is 13.3 Å². The first-order valence-electron chi connectivity index (χ1n) is 4.97. The summed E-state index contributed by atoms with van der Waals surface area (Å²) in [5, 5.41) is 4.14. The van der Waals surface area contributed by atoms with Gasteiger partial charge in [0.1, 0.15) is 12.2 Å². The summed E-state index contributed by atoms with van der Waals surface area (Å²) in [6.07, 6.45) is 2.47. The van der Waals surface area contributed by atoms with Crippen molar-refractivity contribution < 1.29 is 0 Å². The molecule has 0 aliphatic carbocycles. The van der Waals surface area contributed by atoms with Gasteiger partial charge in [0.2, 0.25) is 0 Å². The maximum Gasteiger partial charge on any atom is 0.138 e. The molecule has 0 radical (unpaired) electrons. The van der Waals surface area contributed by atoms with Gasteiger partial charge in [-0.2, -0.15) is 5.10 Å². The van der Waals surface area contributed by atoms with Gasteiger partial charge in [-0.15, -0.1) is 0 Å². The Kier molecular flexibility index (Phi) is 2.78. The third-order valence-corrected chi connectivity index (χ3v) is 2.33. The van der Waals surface area contributed by atoms with Crippen molar-refractivity contribution in [1.82, 2.24) is 14.8 Å². The minimum Gasteiger partial charge on any atom is -0.330 e. The topological polar surface area (TPSA) is 56.7 Å². The minimum absolute atomic E-state index is 0.682. The quantitative estimate of drug-likeness (QED) is 0.810. The number of nitrogens with two attached hydrogens (primary N) is 1. The normalized spacial score (nSPS) is 10.5. The summed E-state index contributed by atoms with van der Waals surface area (Å²) < 4.78 is 1.81. The van der Waals surface area contributed by atoms with Crippen LogP contribution in [0.3, 0.4) is 0 Å². The lowest BCUT2D eigenvalue weighted by Crippen LogP contribution is -2.03. The van der Waals surface area contributed by atoms with Crippen molar-refractivity contribution in [2.75, 3.05) is 6.54 Å². The second kappa shape index (κ2) is 4.23. The van der Waals surface area contributed by atoms with Gasteiger partial charge in [0.25, 0.3) is 0 Å². The van der Waals surface area contributed by atoms with Crippen molar-refractivity contribution in [3.63, 3.8) is 0 Å². The van der Waals surface area contributed by atoms with Gasteiger partial charge in [-0.25, -0.2) is 9.67 Å². The average molecular weight is 202 g/mol. The number of nitrogens with zero attached hydrogens (tertiary/aromatic N) is 3. The smallest absolute Gasteiger partial charge is 0.138 e. The van der Waals surface area contributed by atoms with Crippen molar-refractivity contribution >= 4 is 0 Å². The van der Waals surface area contributed by atoms with E-state index in [2.05, 4.69) is 22.2 Å². The first-order chi connectivity index (χ1) is 7.31. The van der Waals surface area contributed by atoms with E-state index >= 15 is 0 Å². The predicted molar refractivity (Wildman–Crippen MR) is 58.9 cm³/mol. The van der Waals surface area contributed by atoms with E-state index in [9.17, 15) is 0 Å². The highest BCUT2D eigenvalue weighted by Crippen LogP contribution is 2.10. The monoisotopic (exact) mass is 202 g/mol. The fraction of sp³-hybridized carbons (Fsp3) is 0.273. The highest BCUT2D eigenvalue weighted by molar-refractivity contribution is 5.34. The predicted octanol–water partition coefficient (Wildman–Crippen LogP) is 1.08. The average Bonchev–Trinajstić information content (AvgIpc) is 2.66. The first kappa shape index (κ1) is 9.86. The maximum atomic E-state index is 5.49. The molecule has 1 aromatic heterocycles. The van der Waals surface area contributed by atoms with Crippen LogP contribution < -0.4 is 5.73 Å². The largest absolute Gasteiger partial charge is 0.330 e. The van der Waals surface area contributed by atoms with Gasteiger partial charge in [0.05, 0.1) is 5.69 Å². The van der Waals surface area contributed by atoms with E-state index in [4.69, 9.17) is 5.73 Å². The molecule has 2 aromatic rings. The molecular formula is C11H14N4. The van der Waals surface area contributed by atoms with Gasteiger partial charge in [0.15, 0.2) is 0 Å². The second-order valence-corrected chi connectivity index (χ2v) is 3.42. The third kappa shape index (κ3) is 2.05. The van der Waals surface area contributed by atoms with Crippen LogP contribution in [0, 0.1) is 6.92 Å². The zero-order chi connectivity index (χ0) is 10.7. The van der Waals surface area contributed by atoms with Gasteiger partial charge in [-0.3, -0.25) is 0 Å². The summed E-state index contributed by atoms with van der Waals surface area (Å²) in [6.45, 7) is 2.61. The maximum absolute atomic E-state index is 5.49. The molecule has 0 atom stereocenters. The Morgan fingerprint density at radius 2 is 2.00 bits per heavy atom. The zero-order valence-electron chi connectivity index (χ0n) is 8.72. The van der Waals surface area contributed by atoms with Crippen LogP contribution in [-0.2, 0) is 6.42 Å². The molecule has 0 saturated carbocycles. The van der Waals surface area contributed by atoms with Gasteiger partial charge in [-0.1, -0.05) is 12.1 Å². The molecule has 2 N–H and O–H groups in total. The lowest BCUT2D eigenvalue weighted by Gasteiger charge is -2.04. The molecule has 0 saturated heterocycles. The standard InChI is InChI=1S/C11H14N4/c1-9-13-8-14-15(9)11-4-2-10(3-5-11)6-7-12/h2-5,8H,6-7,12H2,1H3. The molecule has 4 heteroatoms. The highest BCUT2D eigenvalue weighted by atomic mass is 15.3. The molecule has 0 aliphatic heterocycles. The molecule has 0 unspecified atom stereocenters. The van der Waals surface area contributed by atoms with Crippen molar-refractivity contribution in [2.24, 2.45) is 5.73 Å². The molecule has 0 fully saturated rings. The number of benzene rings is 1. The summed E-state index contributed by atoms with van der Waals surface area (Å²) in [7, 11) is 0. The van der Waals surface area contributed by atoms with E-state index in [-0.39, 0.29) is 0 Å². The number of hydrogen-bond donors (Lipinski definition) is 1. The van der Waals surface area contributed by atoms with E-state index in [0.717, 1.165) is 17.9 Å². The van der Waals surface area contributed by atoms with Crippen molar-refractivity contribution in [3.05, 3.63) is 42.0 Å². The number of rotatable bonds is 3. The van der Waals surface area contributed by atoms with Crippen LogP contribution >= 0.6 is 0 Å². The molecule has 0 amide bonds. The van der Waals surface area contributed by atoms with Crippen LogP contribution in [0.1, 0.15) is 11.4 Å². The van der Waals surface area contributed by atoms with Crippen LogP contribution in [0.5, 0.6) is 0 Å². The van der Waals surface area contributed by atoms with Gasteiger partial charge < -0.3 is 5.73 Å². The Hall–Kier alpha value is -1.68. The molecule has 0 bridgehead atoms. The Morgan fingerprint density at radius 1 is 1.27 bits per heavy atom. The van der Waals surface area contributed by atoms with Crippen LogP contribution in [0.15, 0.2) is 30.6 Å². The molecule has 0 aliphatic rings. The van der Waals surface area contributed by atoms with Crippen LogP contribution in [0.2, 0.25) is 0 Å². The molecule has 4 nitrogen and oxygen atoms in total. The fourth-order valence-corrected chi connectivity index (χ4v) is 1.52. The molecule has 1 heterocycles. The van der Waals surface area contributed by atoms with Crippen LogP contribution in [0.4, 0.5) is 0 Å². The molecule has 1 aromatic carbocycles. The van der Waals surface area contributed by atoms with Gasteiger partial charge >= 0.3 is 0 Å². The molecular weight excluding hydrogens is 188 g/mol. The Morgan fingerprint density at radius 3 is 2.53 bits per heavy atom. The van der Waals surface area contributed by atoms with Gasteiger partial charge in [-0.05, 0) is 37.6 Å². The second-order valence-electron chi connectivity index (χ2n) is 3.42.